The van der Waals surface area contributed by atoms with Gasteiger partial charge in [0, 0.05) is 12.8 Å². The van der Waals surface area contributed by atoms with Crippen molar-refractivity contribution in [3.05, 3.63) is 27.7 Å². The van der Waals surface area contributed by atoms with Gasteiger partial charge in [0.2, 0.25) is 0 Å². The minimum absolute atomic E-state index is 0.0606. The van der Waals surface area contributed by atoms with Gasteiger partial charge in [-0.3, -0.25) is 0 Å². The lowest BCUT2D eigenvalue weighted by Crippen LogP contribution is -2.47. The van der Waals surface area contributed by atoms with E-state index in [4.69, 9.17) is 14.2 Å². The van der Waals surface area contributed by atoms with Crippen molar-refractivity contribution in [1.29, 1.82) is 0 Å². The molecule has 1 N–H and O–H groups in total. The van der Waals surface area contributed by atoms with E-state index in [9.17, 15) is 14.7 Å². The van der Waals surface area contributed by atoms with Gasteiger partial charge in [-0.15, -0.1) is 0 Å². The van der Waals surface area contributed by atoms with Crippen LogP contribution in [0.4, 0.5) is 0 Å². The lowest BCUT2D eigenvalue weighted by atomic mass is 9.93. The molecule has 1 heterocycles. The fourth-order valence-corrected chi connectivity index (χ4v) is 3.42. The van der Waals surface area contributed by atoms with E-state index in [-0.39, 0.29) is 17.1 Å². The molecule has 3 rings (SSSR count). The Morgan fingerprint density at radius 3 is 2.38 bits per heavy atom. The first kappa shape index (κ1) is 16.8. The smallest absolute Gasteiger partial charge is 0.348 e. The van der Waals surface area contributed by atoms with Crippen LogP contribution in [0.25, 0.3) is 6.08 Å². The number of hydrogen-bond donors (Lipinski definition) is 1. The molecule has 0 bridgehead atoms. The molecule has 7 heteroatoms. The highest BCUT2D eigenvalue weighted by Gasteiger charge is 2.46. The molecule has 0 aromatic heterocycles. The van der Waals surface area contributed by atoms with Crippen LogP contribution < -0.4 is 4.74 Å². The Labute approximate surface area is 147 Å². The molecule has 1 aromatic rings. The number of rotatable bonds is 2. The van der Waals surface area contributed by atoms with Crippen molar-refractivity contribution in [2.24, 2.45) is 0 Å². The van der Waals surface area contributed by atoms with Gasteiger partial charge in [-0.2, -0.15) is 0 Å². The first-order valence-electron chi connectivity index (χ1n) is 7.69. The van der Waals surface area contributed by atoms with Gasteiger partial charge >= 0.3 is 11.9 Å². The Morgan fingerprint density at radius 1 is 1.17 bits per heavy atom. The van der Waals surface area contributed by atoms with Crippen LogP contribution in [0.3, 0.4) is 0 Å². The van der Waals surface area contributed by atoms with Crippen LogP contribution in [0.5, 0.6) is 11.5 Å². The Kier molecular flexibility index (Phi) is 4.54. The molecular weight excluding hydrogens is 380 g/mol. The van der Waals surface area contributed by atoms with Crippen molar-refractivity contribution in [3.8, 4) is 11.5 Å². The number of carbonyl (C=O) groups is 2. The summed E-state index contributed by atoms with van der Waals surface area (Å²) in [7, 11) is 1.41. The van der Waals surface area contributed by atoms with Crippen molar-refractivity contribution in [2.75, 3.05) is 7.11 Å². The fourth-order valence-electron chi connectivity index (χ4n) is 2.96. The summed E-state index contributed by atoms with van der Waals surface area (Å²) >= 11 is 3.20. The molecule has 24 heavy (non-hydrogen) atoms. The quantitative estimate of drug-likeness (QED) is 0.469. The van der Waals surface area contributed by atoms with Crippen LogP contribution in [0, 0.1) is 0 Å². The van der Waals surface area contributed by atoms with Crippen molar-refractivity contribution in [3.63, 3.8) is 0 Å². The molecule has 1 aliphatic carbocycles. The second-order valence-corrected chi connectivity index (χ2v) is 6.72. The third-order valence-corrected chi connectivity index (χ3v) is 4.80. The maximum Gasteiger partial charge on any atom is 0.348 e. The van der Waals surface area contributed by atoms with E-state index in [1.165, 1.54) is 19.3 Å². The van der Waals surface area contributed by atoms with E-state index >= 15 is 0 Å². The molecule has 0 amide bonds. The molecule has 0 radical (unpaired) electrons. The van der Waals surface area contributed by atoms with Gasteiger partial charge in [0.25, 0.3) is 5.79 Å². The van der Waals surface area contributed by atoms with E-state index in [2.05, 4.69) is 15.9 Å². The number of ether oxygens (including phenoxy) is 3. The van der Waals surface area contributed by atoms with Gasteiger partial charge in [-0.1, -0.05) is 6.42 Å². The highest BCUT2D eigenvalue weighted by molar-refractivity contribution is 9.10. The number of benzene rings is 1. The third kappa shape index (κ3) is 3.13. The van der Waals surface area contributed by atoms with Crippen LogP contribution >= 0.6 is 15.9 Å². The molecule has 1 aliphatic heterocycles. The van der Waals surface area contributed by atoms with E-state index in [1.807, 2.05) is 0 Å². The molecule has 2 aliphatic rings. The van der Waals surface area contributed by atoms with Gasteiger partial charge in [-0.05, 0) is 52.5 Å². The Hall–Kier alpha value is -2.02. The second kappa shape index (κ2) is 6.47. The predicted molar refractivity (Wildman–Crippen MR) is 88.3 cm³/mol. The van der Waals surface area contributed by atoms with Gasteiger partial charge in [0.15, 0.2) is 11.5 Å². The number of phenols is 1. The van der Waals surface area contributed by atoms with E-state index in [0.717, 1.165) is 19.3 Å². The second-order valence-electron chi connectivity index (χ2n) is 5.86. The summed E-state index contributed by atoms with van der Waals surface area (Å²) in [4.78, 5) is 24.6. The molecule has 128 valence electrons. The van der Waals surface area contributed by atoms with Crippen LogP contribution in [0.15, 0.2) is 22.2 Å². The summed E-state index contributed by atoms with van der Waals surface area (Å²) in [6.07, 6.45) is 5.21. The van der Waals surface area contributed by atoms with Crippen molar-refractivity contribution in [1.82, 2.24) is 0 Å². The molecule has 1 aromatic carbocycles. The molecule has 2 fully saturated rings. The normalized spacial score (nSPS) is 19.7. The standard InChI is InChI=1S/C17H17BrO6/c1-22-13-9-10(8-12(18)14(13)19)7-11-15(20)23-17(24-16(11)21)5-3-2-4-6-17/h7-9,19H,2-6H2,1H3. The Morgan fingerprint density at radius 2 is 1.79 bits per heavy atom. The van der Waals surface area contributed by atoms with Crippen LogP contribution in [0.2, 0.25) is 0 Å². The molecule has 0 unspecified atom stereocenters. The van der Waals surface area contributed by atoms with Gasteiger partial charge < -0.3 is 19.3 Å². The number of esters is 2. The lowest BCUT2D eigenvalue weighted by Gasteiger charge is -2.38. The zero-order valence-electron chi connectivity index (χ0n) is 13.1. The largest absolute Gasteiger partial charge is 0.503 e. The monoisotopic (exact) mass is 396 g/mol. The number of carbonyl (C=O) groups excluding carboxylic acids is 2. The molecular formula is C17H17BrO6. The van der Waals surface area contributed by atoms with E-state index in [0.29, 0.717) is 22.9 Å². The Bertz CT molecular complexity index is 696. The SMILES string of the molecule is COc1cc(C=C2C(=O)OC3(CCCCC3)OC2=O)cc(Br)c1O. The molecule has 0 atom stereocenters. The van der Waals surface area contributed by atoms with Crippen molar-refractivity contribution < 1.29 is 28.9 Å². The maximum atomic E-state index is 12.3. The maximum absolute atomic E-state index is 12.3. The Balaban J connectivity index is 1.90. The predicted octanol–water partition coefficient (Wildman–Crippen LogP) is 3.31. The summed E-state index contributed by atoms with van der Waals surface area (Å²) in [6.45, 7) is 0. The summed E-state index contributed by atoms with van der Waals surface area (Å²) in [5.41, 5.74) is 0.325. The van der Waals surface area contributed by atoms with Gasteiger partial charge in [0.1, 0.15) is 5.57 Å². The van der Waals surface area contributed by atoms with Crippen LogP contribution in [-0.2, 0) is 19.1 Å². The molecule has 1 saturated heterocycles. The molecule has 1 spiro atoms. The zero-order chi connectivity index (χ0) is 17.3. The number of halogens is 1. The van der Waals surface area contributed by atoms with Crippen molar-refractivity contribution in [2.45, 2.75) is 37.9 Å². The summed E-state index contributed by atoms with van der Waals surface area (Å²) in [6, 6.07) is 3.08. The van der Waals surface area contributed by atoms with E-state index < -0.39 is 17.7 Å². The van der Waals surface area contributed by atoms with Crippen LogP contribution in [-0.4, -0.2) is 29.9 Å². The highest BCUT2D eigenvalue weighted by Crippen LogP contribution is 2.39. The minimum atomic E-state index is -1.10. The van der Waals surface area contributed by atoms with Gasteiger partial charge in [-0.25, -0.2) is 9.59 Å². The fraction of sp³-hybridized carbons (Fsp3) is 0.412. The number of hydrogen-bond acceptors (Lipinski definition) is 6. The first-order valence-corrected chi connectivity index (χ1v) is 8.48. The first-order chi connectivity index (χ1) is 11.4. The highest BCUT2D eigenvalue weighted by atomic mass is 79.9. The summed E-state index contributed by atoms with van der Waals surface area (Å²) < 4.78 is 16.3. The number of phenolic OH excluding ortho intramolecular Hbond substituents is 1. The topological polar surface area (TPSA) is 82.1 Å². The van der Waals surface area contributed by atoms with E-state index in [1.54, 1.807) is 6.07 Å². The lowest BCUT2D eigenvalue weighted by molar-refractivity contribution is -0.244. The third-order valence-electron chi connectivity index (χ3n) is 4.19. The van der Waals surface area contributed by atoms with Crippen molar-refractivity contribution >= 4 is 33.9 Å². The molecule has 1 saturated carbocycles. The summed E-state index contributed by atoms with van der Waals surface area (Å²) in [5, 5.41) is 9.82. The average molecular weight is 397 g/mol. The minimum Gasteiger partial charge on any atom is -0.503 e. The zero-order valence-corrected chi connectivity index (χ0v) is 14.7. The summed E-state index contributed by atoms with van der Waals surface area (Å²) in [5.74, 6) is -2.31. The van der Waals surface area contributed by atoms with Gasteiger partial charge in [0.05, 0.1) is 11.6 Å². The van der Waals surface area contributed by atoms with Crippen LogP contribution in [0.1, 0.15) is 37.7 Å². The average Bonchev–Trinajstić information content (AvgIpc) is 2.54. The number of methoxy groups -OCH3 is 1. The molecule has 6 nitrogen and oxygen atoms in total. The number of aromatic hydroxyl groups is 1.